The van der Waals surface area contributed by atoms with Gasteiger partial charge in [0.05, 0.1) is 4.02 Å². The molecule has 0 amide bonds. The van der Waals surface area contributed by atoms with Gasteiger partial charge < -0.3 is 0 Å². The maximum Gasteiger partial charge on any atom is 0.150 e. The van der Waals surface area contributed by atoms with E-state index in [-0.39, 0.29) is 0 Å². The molecule has 0 N–H and O–H groups in total. The summed E-state index contributed by atoms with van der Waals surface area (Å²) in [7, 11) is -1.60. The molecule has 2 heteroatoms. The first-order valence-electron chi connectivity index (χ1n) is 3.33. The average molecular weight is 133 g/mol. The molecule has 8 heavy (non-hydrogen) atoms. The zero-order valence-corrected chi connectivity index (χ0v) is 5.22. The van der Waals surface area contributed by atoms with Crippen molar-refractivity contribution in [1.82, 2.24) is 0 Å². The fourth-order valence-electron chi connectivity index (χ4n) is 0.133. The Morgan fingerprint density at radius 3 is 3.25 bits per heavy atom. The van der Waals surface area contributed by atoms with E-state index in [1.165, 1.54) is 0 Å². The van der Waals surface area contributed by atoms with E-state index in [0.29, 0.717) is 0 Å². The van der Waals surface area contributed by atoms with Crippen molar-refractivity contribution in [2.75, 3.05) is 6.63 Å². The number of alkyl halides is 1. The third-order valence-corrected chi connectivity index (χ3v) is 0.886. The second kappa shape index (κ2) is 6.48. The Balaban J connectivity index is 4.15. The number of hydrogen-bond acceptors (Lipinski definition) is 0. The molecule has 0 spiro atoms. The molecule has 0 aliphatic carbocycles. The minimum absolute atomic E-state index is 1.55. The van der Waals surface area contributed by atoms with Gasteiger partial charge in [-0.3, -0.25) is 0 Å². The minimum atomic E-state index is -3.00. The van der Waals surface area contributed by atoms with Crippen molar-refractivity contribution in [3.05, 3.63) is 0 Å². The van der Waals surface area contributed by atoms with Crippen LogP contribution in [0.25, 0.3) is 0 Å². The molecule has 0 aliphatic rings. The van der Waals surface area contributed by atoms with Crippen molar-refractivity contribution in [2.45, 2.75) is 6.92 Å². The van der Waals surface area contributed by atoms with Gasteiger partial charge in [-0.25, -0.2) is 4.39 Å². The van der Waals surface area contributed by atoms with Crippen LogP contribution >= 0.6 is 8.53 Å². The van der Waals surface area contributed by atoms with Crippen LogP contribution in [0.4, 0.5) is 4.39 Å². The van der Waals surface area contributed by atoms with Gasteiger partial charge in [0.2, 0.25) is 0 Å². The zero-order chi connectivity index (χ0) is 8.91. The van der Waals surface area contributed by atoms with Crippen molar-refractivity contribution in [2.24, 2.45) is 0 Å². The molecule has 0 bridgehead atoms. The van der Waals surface area contributed by atoms with Crippen molar-refractivity contribution in [3.63, 3.8) is 0 Å². The van der Waals surface area contributed by atoms with E-state index in [0.717, 1.165) is 0 Å². The van der Waals surface area contributed by atoms with E-state index in [9.17, 15) is 4.39 Å². The zero-order valence-electron chi connectivity index (χ0n) is 7.33. The highest BCUT2D eigenvalue weighted by atomic mass is 31.1. The molecule has 0 saturated heterocycles. The molecular weight excluding hydrogens is 122 g/mol. The summed E-state index contributed by atoms with van der Waals surface area (Å²) in [5.41, 5.74) is 4.47. The maximum atomic E-state index is 12.0. The molecule has 1 unspecified atom stereocenters. The Kier molecular flexibility index (Phi) is 2.83. The van der Waals surface area contributed by atoms with Gasteiger partial charge in [-0.15, -0.1) is 5.92 Å². The van der Waals surface area contributed by atoms with Gasteiger partial charge in [0, 0.05) is 8.53 Å². The predicted molar refractivity (Wildman–Crippen MR) is 35.5 cm³/mol. The van der Waals surface area contributed by atoms with Crippen molar-refractivity contribution >= 4 is 8.53 Å². The molecule has 0 radical (unpaired) electrons. The lowest BCUT2D eigenvalue weighted by Crippen LogP contribution is -1.55. The van der Waals surface area contributed by atoms with Gasteiger partial charge in [-0.2, -0.15) is 0 Å². The van der Waals surface area contributed by atoms with Crippen LogP contribution in [0.5, 0.6) is 0 Å². The topological polar surface area (TPSA) is 0 Å². The molecule has 0 aromatic carbocycles. The predicted octanol–water partition coefficient (Wildman–Crippen LogP) is 1.58. The Bertz CT molecular complexity index is 237. The van der Waals surface area contributed by atoms with Crippen LogP contribution in [0.3, 0.4) is 0 Å². The fraction of sp³-hybridized carbons (Fsp3) is 0.333. The summed E-state index contributed by atoms with van der Waals surface area (Å²) in [6.07, 6.45) is 0. The monoisotopic (exact) mass is 133 g/mol. The van der Waals surface area contributed by atoms with Gasteiger partial charge in [0.15, 0.2) is 6.63 Å². The molecule has 0 aromatic rings. The van der Waals surface area contributed by atoms with Crippen LogP contribution in [0.15, 0.2) is 0 Å². The first-order chi connectivity index (χ1) is 4.95. The quantitative estimate of drug-likeness (QED) is 0.347. The SMILES string of the molecule is [2H]P(C#CC)C#CC([3H])([3H])F. The highest BCUT2D eigenvalue weighted by Gasteiger charge is 1.63. The molecule has 42 valence electrons. The van der Waals surface area contributed by atoms with E-state index in [1.54, 1.807) is 12.8 Å². The van der Waals surface area contributed by atoms with E-state index in [4.69, 9.17) is 4.02 Å². The largest absolute Gasteiger partial charge is 0.237 e. The van der Waals surface area contributed by atoms with E-state index >= 15 is 0 Å². The van der Waals surface area contributed by atoms with E-state index in [1.807, 2.05) is 0 Å². The van der Waals surface area contributed by atoms with Crippen LogP contribution in [-0.4, -0.2) is 7.91 Å². The Morgan fingerprint density at radius 1 is 2.00 bits per heavy atom. The molecular formula is C6H6FP. The van der Waals surface area contributed by atoms with Crippen LogP contribution in [-0.2, 0) is 0 Å². The van der Waals surface area contributed by atoms with Crippen LogP contribution in [0.2, 0.25) is 0 Å². The smallest absolute Gasteiger partial charge is 0.150 e. The normalized spacial score (nSPS) is 17.0. The third-order valence-electron chi connectivity index (χ3n) is 0.327. The molecule has 0 saturated carbocycles. The minimum Gasteiger partial charge on any atom is -0.237 e. The van der Waals surface area contributed by atoms with Gasteiger partial charge >= 0.3 is 0 Å². The Labute approximate surface area is 54.7 Å². The lowest BCUT2D eigenvalue weighted by atomic mass is 10.8. The van der Waals surface area contributed by atoms with Gasteiger partial charge in [-0.05, 0) is 6.92 Å². The van der Waals surface area contributed by atoms with Crippen LogP contribution in [0, 0.1) is 23.2 Å². The van der Waals surface area contributed by atoms with Gasteiger partial charge in [0.1, 0.15) is 0 Å². The van der Waals surface area contributed by atoms with Gasteiger partial charge in [-0.1, -0.05) is 17.2 Å². The third kappa shape index (κ3) is 5.48. The summed E-state index contributed by atoms with van der Waals surface area (Å²) in [5, 5.41) is 0. The second-order valence-electron chi connectivity index (χ2n) is 0.805. The molecule has 0 fully saturated rings. The van der Waals surface area contributed by atoms with Crippen molar-refractivity contribution < 1.29 is 7.13 Å². The second-order valence-corrected chi connectivity index (χ2v) is 1.48. The van der Waals surface area contributed by atoms with Crippen LogP contribution in [0.1, 0.15) is 9.67 Å². The summed E-state index contributed by atoms with van der Waals surface area (Å²) in [4.78, 5) is 0. The fourth-order valence-corrected chi connectivity index (χ4v) is 0.399. The maximum absolute atomic E-state index is 12.0. The highest BCUT2D eigenvalue weighted by Crippen LogP contribution is 2.00. The average Bonchev–Trinajstić information content (AvgIpc) is 1.83. The summed E-state index contributed by atoms with van der Waals surface area (Å²) in [6, 6.07) is 0. The lowest BCUT2D eigenvalue weighted by Gasteiger charge is -1.66. The Morgan fingerprint density at radius 2 is 2.75 bits per heavy atom. The van der Waals surface area contributed by atoms with E-state index < -0.39 is 15.2 Å². The summed E-state index contributed by atoms with van der Waals surface area (Å²) < 4.78 is 31.8. The van der Waals surface area contributed by atoms with Crippen molar-refractivity contribution in [3.8, 4) is 23.2 Å². The molecule has 0 aliphatic heterocycles. The Hall–Kier alpha value is -0.520. The molecule has 0 rings (SSSR count). The van der Waals surface area contributed by atoms with E-state index in [2.05, 4.69) is 17.2 Å². The summed E-state index contributed by atoms with van der Waals surface area (Å²) in [6.45, 7) is -1.45. The molecule has 0 aromatic heterocycles. The molecule has 0 heterocycles. The van der Waals surface area contributed by atoms with Crippen LogP contribution < -0.4 is 0 Å². The lowest BCUT2D eigenvalue weighted by molar-refractivity contribution is 0.573. The first kappa shape index (κ1) is 3.49. The molecule has 1 atom stereocenters. The number of rotatable bonds is 0. The first-order valence-corrected chi connectivity index (χ1v) is 2.78. The number of hydrogen-bond donors (Lipinski definition) is 0. The number of halogens is 1. The van der Waals surface area contributed by atoms with Gasteiger partial charge in [0.25, 0.3) is 0 Å². The van der Waals surface area contributed by atoms with Crippen molar-refractivity contribution in [1.29, 1.82) is 1.28 Å². The standard InChI is InChI=1S/C6H6FP/c1-2-5-8-6-3-4-7/h8H,4H2,1H3/i4T2,8D. The summed E-state index contributed by atoms with van der Waals surface area (Å²) in [5.74, 6) is 4.11. The summed E-state index contributed by atoms with van der Waals surface area (Å²) >= 11 is 0. The highest BCUT2D eigenvalue weighted by molar-refractivity contribution is 7.49. The molecule has 0 nitrogen and oxygen atoms in total.